The number of anilines is 1. The molecule has 4 aromatic rings. The van der Waals surface area contributed by atoms with E-state index in [0.29, 0.717) is 11.3 Å². The Kier molecular flexibility index (Phi) is 4.82. The number of nitrogens with zero attached hydrogens (tertiary/aromatic N) is 1. The van der Waals surface area contributed by atoms with Crippen LogP contribution in [0.4, 0.5) is 14.5 Å². The number of fused-ring (bicyclic) bond motifs is 1. The minimum atomic E-state index is -0.975. The molecule has 1 aliphatic rings. The van der Waals surface area contributed by atoms with Gasteiger partial charge in [-0.25, -0.2) is 8.78 Å². The number of hydrogen-bond donors (Lipinski definition) is 2. The number of benzene rings is 3. The van der Waals surface area contributed by atoms with E-state index in [1.807, 2.05) is 24.3 Å². The first kappa shape index (κ1) is 20.6. The highest BCUT2D eigenvalue weighted by Crippen LogP contribution is 2.44. The smallest absolute Gasteiger partial charge is 0.300 e. The van der Waals surface area contributed by atoms with E-state index in [1.165, 1.54) is 47.4 Å². The fraction of sp³-hybridized carbons (Fsp3) is 0.0769. The van der Waals surface area contributed by atoms with Crippen LogP contribution >= 0.6 is 0 Å². The lowest BCUT2D eigenvalue weighted by Gasteiger charge is -2.25. The van der Waals surface area contributed by atoms with Crippen molar-refractivity contribution in [3.63, 3.8) is 0 Å². The van der Waals surface area contributed by atoms with E-state index >= 15 is 0 Å². The number of rotatable bonds is 3. The summed E-state index contributed by atoms with van der Waals surface area (Å²) in [7, 11) is 0. The van der Waals surface area contributed by atoms with Crippen molar-refractivity contribution < 1.29 is 23.5 Å². The van der Waals surface area contributed by atoms with E-state index in [0.717, 1.165) is 10.9 Å². The first-order chi connectivity index (χ1) is 15.9. The van der Waals surface area contributed by atoms with Gasteiger partial charge in [0.25, 0.3) is 11.7 Å². The molecule has 0 saturated carbocycles. The molecular weight excluding hydrogens is 426 g/mol. The minimum Gasteiger partial charge on any atom is -0.507 e. The van der Waals surface area contributed by atoms with E-state index in [9.17, 15) is 23.5 Å². The van der Waals surface area contributed by atoms with Gasteiger partial charge < -0.3 is 10.1 Å². The summed E-state index contributed by atoms with van der Waals surface area (Å²) in [4.78, 5) is 30.7. The number of halogens is 2. The number of aromatic amines is 1. The Morgan fingerprint density at radius 1 is 1.00 bits per heavy atom. The predicted molar refractivity (Wildman–Crippen MR) is 121 cm³/mol. The van der Waals surface area contributed by atoms with Crippen molar-refractivity contribution >= 4 is 34.0 Å². The summed E-state index contributed by atoms with van der Waals surface area (Å²) in [6.45, 7) is 1.54. The van der Waals surface area contributed by atoms with E-state index in [1.54, 1.807) is 13.1 Å². The molecule has 7 heteroatoms. The van der Waals surface area contributed by atoms with Crippen molar-refractivity contribution in [1.82, 2.24) is 4.98 Å². The average Bonchev–Trinajstić information content (AvgIpc) is 3.35. The number of aliphatic hydroxyl groups is 1. The third kappa shape index (κ3) is 3.29. The Morgan fingerprint density at radius 2 is 1.73 bits per heavy atom. The molecule has 1 fully saturated rings. The lowest BCUT2D eigenvalue weighted by atomic mass is 9.94. The van der Waals surface area contributed by atoms with Gasteiger partial charge in [0.1, 0.15) is 17.4 Å². The third-order valence-electron chi connectivity index (χ3n) is 5.90. The van der Waals surface area contributed by atoms with Crippen LogP contribution in [0.25, 0.3) is 16.7 Å². The third-order valence-corrected chi connectivity index (χ3v) is 5.90. The predicted octanol–water partition coefficient (Wildman–Crippen LogP) is 5.38. The van der Waals surface area contributed by atoms with Crippen LogP contribution in [-0.4, -0.2) is 21.8 Å². The first-order valence-electron chi connectivity index (χ1n) is 10.3. The highest BCUT2D eigenvalue weighted by atomic mass is 19.1. The molecule has 164 valence electrons. The van der Waals surface area contributed by atoms with E-state index in [2.05, 4.69) is 4.98 Å². The van der Waals surface area contributed by atoms with Crippen LogP contribution in [0.1, 0.15) is 22.7 Å². The summed E-state index contributed by atoms with van der Waals surface area (Å²) in [5.74, 6) is -3.07. The van der Waals surface area contributed by atoms with Gasteiger partial charge in [0, 0.05) is 33.9 Å². The van der Waals surface area contributed by atoms with Crippen LogP contribution in [0.3, 0.4) is 0 Å². The van der Waals surface area contributed by atoms with Gasteiger partial charge in [0.05, 0.1) is 11.6 Å². The molecule has 0 radical (unpaired) electrons. The Bertz CT molecular complexity index is 1450. The van der Waals surface area contributed by atoms with Gasteiger partial charge in [-0.1, -0.05) is 18.2 Å². The second-order valence-electron chi connectivity index (χ2n) is 7.90. The topological polar surface area (TPSA) is 73.4 Å². The Balaban J connectivity index is 1.78. The molecule has 2 N–H and O–H groups in total. The highest BCUT2D eigenvalue weighted by molar-refractivity contribution is 6.51. The summed E-state index contributed by atoms with van der Waals surface area (Å²) >= 11 is 0. The molecule has 1 aliphatic heterocycles. The van der Waals surface area contributed by atoms with Crippen molar-refractivity contribution in [1.29, 1.82) is 0 Å². The largest absolute Gasteiger partial charge is 0.507 e. The molecular formula is C26H18F2N2O3. The van der Waals surface area contributed by atoms with Crippen molar-refractivity contribution in [3.05, 3.63) is 107 Å². The summed E-state index contributed by atoms with van der Waals surface area (Å²) in [6.07, 6.45) is 1.68. The molecule has 1 atom stereocenters. The summed E-state index contributed by atoms with van der Waals surface area (Å²) in [5, 5.41) is 11.9. The summed E-state index contributed by atoms with van der Waals surface area (Å²) in [6, 6.07) is 15.6. The zero-order valence-electron chi connectivity index (χ0n) is 17.5. The number of carbonyl (C=O) groups excluding carboxylic acids is 2. The van der Waals surface area contributed by atoms with Gasteiger partial charge in [-0.2, -0.15) is 0 Å². The van der Waals surface area contributed by atoms with Crippen LogP contribution in [0, 0.1) is 18.6 Å². The molecule has 1 amide bonds. The number of H-pyrrole nitrogens is 1. The number of nitrogens with one attached hydrogen (secondary N) is 1. The molecule has 1 saturated heterocycles. The molecule has 5 rings (SSSR count). The van der Waals surface area contributed by atoms with Gasteiger partial charge in [0.2, 0.25) is 0 Å². The zero-order valence-corrected chi connectivity index (χ0v) is 17.5. The maximum atomic E-state index is 13.8. The number of carbonyl (C=O) groups is 2. The lowest BCUT2D eigenvalue weighted by molar-refractivity contribution is -0.132. The molecule has 2 heterocycles. The van der Waals surface area contributed by atoms with Crippen LogP contribution in [0.2, 0.25) is 0 Å². The van der Waals surface area contributed by atoms with Crippen molar-refractivity contribution in [3.8, 4) is 0 Å². The fourth-order valence-corrected chi connectivity index (χ4v) is 4.26. The van der Waals surface area contributed by atoms with Gasteiger partial charge in [0.15, 0.2) is 0 Å². The lowest BCUT2D eigenvalue weighted by Crippen LogP contribution is -2.29. The van der Waals surface area contributed by atoms with Gasteiger partial charge >= 0.3 is 0 Å². The van der Waals surface area contributed by atoms with Crippen molar-refractivity contribution in [2.45, 2.75) is 13.0 Å². The number of amides is 1. The molecule has 5 nitrogen and oxygen atoms in total. The number of aromatic nitrogens is 1. The number of para-hydroxylation sites is 1. The van der Waals surface area contributed by atoms with Crippen molar-refractivity contribution in [2.24, 2.45) is 0 Å². The van der Waals surface area contributed by atoms with Crippen LogP contribution in [-0.2, 0) is 9.59 Å². The maximum Gasteiger partial charge on any atom is 0.300 e. The van der Waals surface area contributed by atoms with Crippen LogP contribution in [0.5, 0.6) is 0 Å². The first-order valence-corrected chi connectivity index (χ1v) is 10.3. The maximum absolute atomic E-state index is 13.8. The van der Waals surface area contributed by atoms with E-state index in [-0.39, 0.29) is 16.7 Å². The molecule has 3 aromatic carbocycles. The SMILES string of the molecule is Cc1cc(/C(O)=C2\C(=O)C(=O)N(c3ccc(F)cc3)C2c2c[nH]c3ccccc23)ccc1F. The molecule has 0 aliphatic carbocycles. The van der Waals surface area contributed by atoms with Crippen molar-refractivity contribution in [2.75, 3.05) is 4.90 Å². The van der Waals surface area contributed by atoms with Gasteiger partial charge in [-0.3, -0.25) is 14.5 Å². The van der Waals surface area contributed by atoms with Crippen LogP contribution in [0.15, 0.2) is 78.5 Å². The monoisotopic (exact) mass is 444 g/mol. The van der Waals surface area contributed by atoms with Crippen LogP contribution < -0.4 is 4.90 Å². The standard InChI is InChI=1S/C26H18F2N2O3/c1-14-12-15(6-11-20(14)28)24(31)22-23(19-13-29-21-5-3-2-4-18(19)21)30(26(33)25(22)32)17-9-7-16(27)8-10-17/h2-13,23,29,31H,1H3/b24-22+. The minimum absolute atomic E-state index is 0.125. The Hall–Kier alpha value is -4.26. The molecule has 1 aromatic heterocycles. The van der Waals surface area contributed by atoms with E-state index in [4.69, 9.17) is 0 Å². The zero-order chi connectivity index (χ0) is 23.3. The summed E-state index contributed by atoms with van der Waals surface area (Å²) in [5.41, 5.74) is 2.07. The number of aliphatic hydroxyl groups excluding tert-OH is 1. The number of ketones is 1. The fourth-order valence-electron chi connectivity index (χ4n) is 4.26. The van der Waals surface area contributed by atoms with Gasteiger partial charge in [-0.05, 0) is 61.0 Å². The second kappa shape index (κ2) is 7.70. The second-order valence-corrected chi connectivity index (χ2v) is 7.90. The number of hydrogen-bond acceptors (Lipinski definition) is 3. The average molecular weight is 444 g/mol. The Morgan fingerprint density at radius 3 is 2.45 bits per heavy atom. The number of aryl methyl sites for hydroxylation is 1. The Labute approximate surface area is 187 Å². The molecule has 0 spiro atoms. The molecule has 0 bridgehead atoms. The normalized spacial score (nSPS) is 17.8. The highest BCUT2D eigenvalue weighted by Gasteiger charge is 2.47. The van der Waals surface area contributed by atoms with E-state index < -0.39 is 35.1 Å². The molecule has 1 unspecified atom stereocenters. The van der Waals surface area contributed by atoms with Gasteiger partial charge in [-0.15, -0.1) is 0 Å². The number of Topliss-reactive ketones (excluding diaryl/α,β-unsaturated/α-hetero) is 1. The molecule has 33 heavy (non-hydrogen) atoms. The summed E-state index contributed by atoms with van der Waals surface area (Å²) < 4.78 is 27.4. The quantitative estimate of drug-likeness (QED) is 0.253.